The first-order valence-corrected chi connectivity index (χ1v) is 7.39. The monoisotopic (exact) mass is 388 g/mol. The number of esters is 2. The van der Waals surface area contributed by atoms with Gasteiger partial charge in [-0.05, 0) is 35.4 Å². The lowest BCUT2D eigenvalue weighted by Crippen LogP contribution is -2.12. The molecule has 0 saturated heterocycles. The van der Waals surface area contributed by atoms with E-state index < -0.39 is 11.9 Å². The second-order valence-corrected chi connectivity index (χ2v) is 5.06. The van der Waals surface area contributed by atoms with Crippen molar-refractivity contribution in [1.29, 1.82) is 0 Å². The minimum Gasteiger partial charge on any atom is -0.462 e. The zero-order valence-electron chi connectivity index (χ0n) is 10.6. The van der Waals surface area contributed by atoms with E-state index in [-0.39, 0.29) is 8.61 Å². The molecule has 0 aromatic heterocycles. The van der Waals surface area contributed by atoms with Gasteiger partial charge in [-0.3, -0.25) is 0 Å². The van der Waals surface area contributed by atoms with Crippen LogP contribution < -0.4 is 0 Å². The topological polar surface area (TPSA) is 52.6 Å². The zero-order chi connectivity index (χ0) is 14.0. The summed E-state index contributed by atoms with van der Waals surface area (Å²) in [6.07, 6.45) is 3.41. The summed E-state index contributed by atoms with van der Waals surface area (Å²) in [5.41, 5.74) is 0. The Morgan fingerprint density at radius 1 is 1.00 bits per heavy atom. The van der Waals surface area contributed by atoms with E-state index in [0.717, 1.165) is 25.7 Å². The number of hydrogen-bond donors (Lipinski definition) is 0. The number of unbranched alkanes of at least 4 members (excludes halogenated alkanes) is 2. The lowest BCUT2D eigenvalue weighted by atomic mass is 10.3. The Morgan fingerprint density at radius 3 is 1.89 bits per heavy atom. The Kier molecular flexibility index (Phi) is 10.4. The van der Waals surface area contributed by atoms with Crippen molar-refractivity contribution in [2.45, 2.75) is 39.5 Å². The van der Waals surface area contributed by atoms with Crippen LogP contribution in [0.4, 0.5) is 0 Å². The average molecular weight is 389 g/mol. The van der Waals surface area contributed by atoms with E-state index in [1.165, 1.54) is 0 Å². The van der Waals surface area contributed by atoms with Gasteiger partial charge in [-0.25, -0.2) is 9.59 Å². The molecular formula is C12H18ClIO4. The largest absolute Gasteiger partial charge is 0.462 e. The maximum atomic E-state index is 11.5. The zero-order valence-corrected chi connectivity index (χ0v) is 13.5. The summed E-state index contributed by atoms with van der Waals surface area (Å²) in [5.74, 6) is -1.26. The number of halogens is 2. The highest BCUT2D eigenvalue weighted by Gasteiger charge is 2.19. The number of hydrogen-bond acceptors (Lipinski definition) is 4. The summed E-state index contributed by atoms with van der Waals surface area (Å²) in [6.45, 7) is 4.62. The second kappa shape index (κ2) is 10.6. The van der Waals surface area contributed by atoms with Gasteiger partial charge in [-0.15, -0.1) is 0 Å². The normalized spacial score (nSPS) is 11.8. The minimum absolute atomic E-state index is 0.0619. The molecule has 0 unspecified atom stereocenters. The molecule has 0 aromatic carbocycles. The fourth-order valence-corrected chi connectivity index (χ4v) is 1.43. The van der Waals surface area contributed by atoms with Crippen molar-refractivity contribution < 1.29 is 19.1 Å². The summed E-state index contributed by atoms with van der Waals surface area (Å²) in [6, 6.07) is 0. The molecule has 0 radical (unpaired) electrons. The third-order valence-electron chi connectivity index (χ3n) is 2.01. The van der Waals surface area contributed by atoms with Gasteiger partial charge in [0.25, 0.3) is 0 Å². The van der Waals surface area contributed by atoms with Crippen molar-refractivity contribution in [3.05, 3.63) is 8.61 Å². The first kappa shape index (κ1) is 17.7. The van der Waals surface area contributed by atoms with Crippen LogP contribution in [0, 0.1) is 0 Å². The van der Waals surface area contributed by atoms with Crippen LogP contribution in [0.3, 0.4) is 0 Å². The molecule has 0 saturated carbocycles. The Bertz CT molecular complexity index is 285. The molecule has 0 rings (SSSR count). The van der Waals surface area contributed by atoms with Crippen molar-refractivity contribution >= 4 is 46.1 Å². The van der Waals surface area contributed by atoms with Crippen molar-refractivity contribution in [2.75, 3.05) is 13.2 Å². The molecule has 0 aromatic rings. The van der Waals surface area contributed by atoms with Crippen LogP contribution >= 0.6 is 34.2 Å². The molecule has 0 amide bonds. The maximum absolute atomic E-state index is 11.5. The molecule has 0 heterocycles. The second-order valence-electron chi connectivity index (χ2n) is 3.61. The Hall–Kier alpha value is -0.300. The summed E-state index contributed by atoms with van der Waals surface area (Å²) in [4.78, 5) is 23.0. The van der Waals surface area contributed by atoms with Crippen LogP contribution in [-0.2, 0) is 19.1 Å². The lowest BCUT2D eigenvalue weighted by Gasteiger charge is -2.06. The summed E-state index contributed by atoms with van der Waals surface area (Å²) in [7, 11) is 0. The van der Waals surface area contributed by atoms with Crippen molar-refractivity contribution in [1.82, 2.24) is 0 Å². The van der Waals surface area contributed by atoms with E-state index in [9.17, 15) is 9.59 Å². The fourth-order valence-electron chi connectivity index (χ4n) is 0.924. The number of carbonyl (C=O) groups excluding carboxylic acids is 2. The number of rotatable bonds is 8. The highest BCUT2D eigenvalue weighted by atomic mass is 127. The number of carbonyl (C=O) groups is 2. The van der Waals surface area contributed by atoms with E-state index in [0.29, 0.717) is 13.2 Å². The maximum Gasteiger partial charge on any atom is 0.351 e. The van der Waals surface area contributed by atoms with Gasteiger partial charge < -0.3 is 9.47 Å². The molecule has 0 atom stereocenters. The molecule has 0 fully saturated rings. The van der Waals surface area contributed by atoms with E-state index in [1.54, 1.807) is 22.6 Å². The molecule has 18 heavy (non-hydrogen) atoms. The van der Waals surface area contributed by atoms with Crippen LogP contribution in [-0.4, -0.2) is 25.2 Å². The molecule has 6 heteroatoms. The first-order chi connectivity index (χ1) is 8.54. The van der Waals surface area contributed by atoms with Crippen LogP contribution in [0.2, 0.25) is 0 Å². The van der Waals surface area contributed by atoms with E-state index in [2.05, 4.69) is 0 Å². The number of ether oxygens (including phenoxy) is 2. The third-order valence-corrected chi connectivity index (χ3v) is 3.66. The Labute approximate surface area is 126 Å². The fraction of sp³-hybridized carbons (Fsp3) is 0.667. The molecule has 0 N–H and O–H groups in total. The van der Waals surface area contributed by atoms with Gasteiger partial charge in [0, 0.05) is 0 Å². The van der Waals surface area contributed by atoms with Crippen LogP contribution in [0.5, 0.6) is 0 Å². The minimum atomic E-state index is -0.679. The Balaban J connectivity index is 4.30. The average Bonchev–Trinajstić information content (AvgIpc) is 2.37. The molecule has 0 aliphatic heterocycles. The predicted molar refractivity (Wildman–Crippen MR) is 78.6 cm³/mol. The van der Waals surface area contributed by atoms with E-state index >= 15 is 0 Å². The molecule has 0 aliphatic rings. The van der Waals surface area contributed by atoms with Crippen LogP contribution in [0.25, 0.3) is 0 Å². The Morgan fingerprint density at radius 2 is 1.44 bits per heavy atom. The molecule has 0 bridgehead atoms. The van der Waals surface area contributed by atoms with E-state index in [4.69, 9.17) is 21.1 Å². The van der Waals surface area contributed by atoms with Gasteiger partial charge in [0.05, 0.1) is 13.2 Å². The van der Waals surface area contributed by atoms with Crippen LogP contribution in [0.15, 0.2) is 8.61 Å². The van der Waals surface area contributed by atoms with Crippen molar-refractivity contribution in [3.8, 4) is 0 Å². The molecule has 0 spiro atoms. The van der Waals surface area contributed by atoms with Crippen LogP contribution in [0.1, 0.15) is 39.5 Å². The molecule has 0 aliphatic carbocycles. The van der Waals surface area contributed by atoms with Crippen molar-refractivity contribution in [2.24, 2.45) is 0 Å². The van der Waals surface area contributed by atoms with E-state index in [1.807, 2.05) is 13.8 Å². The van der Waals surface area contributed by atoms with Gasteiger partial charge in [-0.2, -0.15) is 0 Å². The summed E-state index contributed by atoms with van der Waals surface area (Å²) in [5, 5.41) is -0.215. The molecule has 4 nitrogen and oxygen atoms in total. The van der Waals surface area contributed by atoms with Gasteiger partial charge >= 0.3 is 11.9 Å². The quantitative estimate of drug-likeness (QED) is 0.276. The highest BCUT2D eigenvalue weighted by molar-refractivity contribution is 14.1. The lowest BCUT2D eigenvalue weighted by molar-refractivity contribution is -0.141. The van der Waals surface area contributed by atoms with Gasteiger partial charge in [-0.1, -0.05) is 38.3 Å². The predicted octanol–water partition coefficient (Wildman–Crippen LogP) is 3.56. The van der Waals surface area contributed by atoms with Gasteiger partial charge in [0.2, 0.25) is 0 Å². The first-order valence-electron chi connectivity index (χ1n) is 5.94. The standard InChI is InChI=1S/C12H18ClIO4/c1-3-5-7-17-11(15)9(13)10(14)12(16)18-8-6-4-2/h3-8H2,1-2H3/b10-9-. The molecular weight excluding hydrogens is 370 g/mol. The highest BCUT2D eigenvalue weighted by Crippen LogP contribution is 2.20. The van der Waals surface area contributed by atoms with Gasteiger partial charge in [0.15, 0.2) is 0 Å². The molecule has 104 valence electrons. The van der Waals surface area contributed by atoms with Crippen molar-refractivity contribution in [3.63, 3.8) is 0 Å². The van der Waals surface area contributed by atoms with Gasteiger partial charge in [0.1, 0.15) is 8.61 Å². The summed E-state index contributed by atoms with van der Waals surface area (Å²) >= 11 is 7.46. The smallest absolute Gasteiger partial charge is 0.351 e. The summed E-state index contributed by atoms with van der Waals surface area (Å²) < 4.78 is 9.91. The third kappa shape index (κ3) is 7.20. The SMILES string of the molecule is CCCCOC(=O)/C(Cl)=C(/I)C(=O)OCCCC.